The molecule has 8 heteroatoms. The van der Waals surface area contributed by atoms with E-state index >= 15 is 0 Å². The lowest BCUT2D eigenvalue weighted by atomic mass is 9.77. The van der Waals surface area contributed by atoms with E-state index in [1.807, 2.05) is 38.4 Å². The average Bonchev–Trinajstić information content (AvgIpc) is 3.17. The Labute approximate surface area is 163 Å². The van der Waals surface area contributed by atoms with Crippen LogP contribution in [0.25, 0.3) is 32.5 Å². The second kappa shape index (κ2) is 6.02. The van der Waals surface area contributed by atoms with Gasteiger partial charge in [0.1, 0.15) is 4.83 Å². The predicted molar refractivity (Wildman–Crippen MR) is 104 cm³/mol. The molecule has 5 nitrogen and oxygen atoms in total. The van der Waals surface area contributed by atoms with Crippen LogP contribution < -0.4 is 0 Å². The van der Waals surface area contributed by atoms with Gasteiger partial charge in [0.25, 0.3) is 0 Å². The lowest BCUT2D eigenvalue weighted by Crippen LogP contribution is -2.38. The van der Waals surface area contributed by atoms with E-state index in [9.17, 15) is 13.9 Å². The highest BCUT2D eigenvalue weighted by Gasteiger charge is 2.49. The van der Waals surface area contributed by atoms with Crippen molar-refractivity contribution in [3.05, 3.63) is 41.0 Å². The first-order chi connectivity index (χ1) is 13.3. The highest BCUT2D eigenvalue weighted by atomic mass is 32.1. The van der Waals surface area contributed by atoms with Crippen molar-refractivity contribution in [1.82, 2.24) is 19.7 Å². The molecule has 5 rings (SSSR count). The zero-order valence-corrected chi connectivity index (χ0v) is 16.2. The predicted octanol–water partition coefficient (Wildman–Crippen LogP) is 4.63. The molecule has 1 fully saturated rings. The van der Waals surface area contributed by atoms with Crippen LogP contribution in [0.2, 0.25) is 0 Å². The highest BCUT2D eigenvalue weighted by molar-refractivity contribution is 7.18. The van der Waals surface area contributed by atoms with Gasteiger partial charge in [0, 0.05) is 59.4 Å². The molecule has 0 aromatic carbocycles. The summed E-state index contributed by atoms with van der Waals surface area (Å²) in [5.41, 5.74) is 3.27. The number of thiophene rings is 1. The molecular weight excluding hydrogens is 382 g/mol. The number of nitrogens with zero attached hydrogens (tertiary/aromatic N) is 4. The highest BCUT2D eigenvalue weighted by Crippen LogP contribution is 2.50. The molecular formula is C20H18F2N4OS. The smallest absolute Gasteiger partial charge is 0.248 e. The maximum atomic E-state index is 13.2. The Morgan fingerprint density at radius 2 is 2.11 bits per heavy atom. The van der Waals surface area contributed by atoms with E-state index in [1.54, 1.807) is 10.9 Å². The largest absolute Gasteiger partial charge is 0.387 e. The summed E-state index contributed by atoms with van der Waals surface area (Å²) in [5.74, 6) is -3.03. The summed E-state index contributed by atoms with van der Waals surface area (Å²) in [5, 5.41) is 16.8. The van der Waals surface area contributed by atoms with Crippen molar-refractivity contribution in [3.63, 3.8) is 0 Å². The molecule has 4 aromatic heterocycles. The second-order valence-electron chi connectivity index (χ2n) is 7.55. The Hall–Kier alpha value is -2.45. The third kappa shape index (κ3) is 2.79. The molecule has 0 amide bonds. The standard InChI is InChI=1S/C20H18F2N4OS/c1-10-14-3-4-15(11-5-12-9-26(2)25-18(12)23-8-11)24-19(14)28-17(10)16(27)13-6-20(21,22)7-13/h3-5,8-9,13,16,27H,6-7H2,1-2H3. The maximum absolute atomic E-state index is 13.2. The van der Waals surface area contributed by atoms with Crippen molar-refractivity contribution in [2.75, 3.05) is 0 Å². The van der Waals surface area contributed by atoms with Crippen molar-refractivity contribution >= 4 is 32.6 Å². The third-order valence-corrected chi connectivity index (χ3v) is 6.72. The van der Waals surface area contributed by atoms with Crippen LogP contribution in [-0.2, 0) is 7.05 Å². The van der Waals surface area contributed by atoms with E-state index in [4.69, 9.17) is 4.98 Å². The van der Waals surface area contributed by atoms with Crippen LogP contribution in [0.3, 0.4) is 0 Å². The van der Waals surface area contributed by atoms with E-state index in [0.717, 1.165) is 37.3 Å². The molecule has 28 heavy (non-hydrogen) atoms. The maximum Gasteiger partial charge on any atom is 0.248 e. The number of aryl methyl sites for hydroxylation is 2. The molecule has 1 aliphatic carbocycles. The van der Waals surface area contributed by atoms with Crippen molar-refractivity contribution in [2.24, 2.45) is 13.0 Å². The molecule has 0 spiro atoms. The minimum Gasteiger partial charge on any atom is -0.387 e. The van der Waals surface area contributed by atoms with Crippen LogP contribution >= 0.6 is 11.3 Å². The molecule has 0 saturated heterocycles. The van der Waals surface area contributed by atoms with E-state index in [0.29, 0.717) is 5.65 Å². The molecule has 1 N–H and O–H groups in total. The number of rotatable bonds is 3. The number of hydrogen-bond acceptors (Lipinski definition) is 5. The SMILES string of the molecule is Cc1c(C(O)C2CC(F)(F)C2)sc2nc(-c3cnc4nn(C)cc4c3)ccc12. The number of alkyl halides is 2. The minimum absolute atomic E-state index is 0.253. The molecule has 0 bridgehead atoms. The molecule has 0 radical (unpaired) electrons. The summed E-state index contributed by atoms with van der Waals surface area (Å²) in [7, 11) is 1.85. The minimum atomic E-state index is -2.64. The molecule has 1 unspecified atom stereocenters. The van der Waals surface area contributed by atoms with Gasteiger partial charge in [-0.05, 0) is 30.7 Å². The van der Waals surface area contributed by atoms with Crippen LogP contribution in [-0.4, -0.2) is 30.8 Å². The fraction of sp³-hybridized carbons (Fsp3) is 0.350. The monoisotopic (exact) mass is 400 g/mol. The third-order valence-electron chi connectivity index (χ3n) is 5.45. The Bertz CT molecular complexity index is 1210. The van der Waals surface area contributed by atoms with Gasteiger partial charge < -0.3 is 5.11 Å². The quantitative estimate of drug-likeness (QED) is 0.545. The van der Waals surface area contributed by atoms with Gasteiger partial charge in [-0.3, -0.25) is 4.68 Å². The number of hydrogen-bond donors (Lipinski definition) is 1. The summed E-state index contributed by atoms with van der Waals surface area (Å²) in [6.07, 6.45) is 2.28. The Balaban J connectivity index is 1.52. The van der Waals surface area contributed by atoms with Gasteiger partial charge in [-0.25, -0.2) is 18.7 Å². The number of halogens is 2. The Kier molecular flexibility index (Phi) is 3.79. The summed E-state index contributed by atoms with van der Waals surface area (Å²) < 4.78 is 28.1. The lowest BCUT2D eigenvalue weighted by molar-refractivity contribution is -0.141. The van der Waals surface area contributed by atoms with Crippen molar-refractivity contribution < 1.29 is 13.9 Å². The van der Waals surface area contributed by atoms with Gasteiger partial charge in [0.2, 0.25) is 5.92 Å². The molecule has 1 atom stereocenters. The summed E-state index contributed by atoms with van der Waals surface area (Å²) in [4.78, 5) is 10.7. The number of pyridine rings is 2. The molecule has 1 saturated carbocycles. The van der Waals surface area contributed by atoms with E-state index < -0.39 is 17.9 Å². The molecule has 1 aliphatic rings. The molecule has 0 aliphatic heterocycles. The zero-order chi connectivity index (χ0) is 19.6. The van der Waals surface area contributed by atoms with Gasteiger partial charge in [-0.1, -0.05) is 0 Å². The van der Waals surface area contributed by atoms with E-state index in [-0.39, 0.29) is 12.8 Å². The second-order valence-corrected chi connectivity index (χ2v) is 8.58. The first kappa shape index (κ1) is 17.6. The van der Waals surface area contributed by atoms with E-state index in [1.165, 1.54) is 11.3 Å². The molecule has 144 valence electrons. The summed E-state index contributed by atoms with van der Waals surface area (Å²) >= 11 is 1.38. The molecule has 4 aromatic rings. The van der Waals surface area contributed by atoms with Crippen LogP contribution in [0.15, 0.2) is 30.6 Å². The summed E-state index contributed by atoms with van der Waals surface area (Å²) in [6, 6.07) is 5.90. The van der Waals surface area contributed by atoms with Crippen LogP contribution in [0, 0.1) is 12.8 Å². The topological polar surface area (TPSA) is 63.8 Å². The number of aliphatic hydroxyl groups excluding tert-OH is 1. The number of fused-ring (bicyclic) bond motifs is 2. The normalized spacial score (nSPS) is 17.9. The van der Waals surface area contributed by atoms with Gasteiger partial charge >= 0.3 is 0 Å². The van der Waals surface area contributed by atoms with Crippen LogP contribution in [0.1, 0.15) is 29.4 Å². The first-order valence-corrected chi connectivity index (χ1v) is 9.88. The molecule has 4 heterocycles. The van der Waals surface area contributed by atoms with Gasteiger partial charge in [-0.2, -0.15) is 5.10 Å². The summed E-state index contributed by atoms with van der Waals surface area (Å²) in [6.45, 7) is 1.92. The van der Waals surface area contributed by atoms with E-state index in [2.05, 4.69) is 10.1 Å². The van der Waals surface area contributed by atoms with Gasteiger partial charge in [0.15, 0.2) is 5.65 Å². The zero-order valence-electron chi connectivity index (χ0n) is 15.4. The van der Waals surface area contributed by atoms with Crippen molar-refractivity contribution in [1.29, 1.82) is 0 Å². The van der Waals surface area contributed by atoms with Crippen molar-refractivity contribution in [3.8, 4) is 11.3 Å². The average molecular weight is 400 g/mol. The lowest BCUT2D eigenvalue weighted by Gasteiger charge is -2.37. The van der Waals surface area contributed by atoms with Crippen LogP contribution in [0.4, 0.5) is 8.78 Å². The number of aliphatic hydroxyl groups is 1. The van der Waals surface area contributed by atoms with Crippen molar-refractivity contribution in [2.45, 2.75) is 31.8 Å². The Morgan fingerprint density at radius 3 is 2.86 bits per heavy atom. The fourth-order valence-corrected chi connectivity index (χ4v) is 5.14. The first-order valence-electron chi connectivity index (χ1n) is 9.06. The van der Waals surface area contributed by atoms with Gasteiger partial charge in [0.05, 0.1) is 11.8 Å². The Morgan fingerprint density at radius 1 is 1.32 bits per heavy atom. The number of aromatic nitrogens is 4. The fourth-order valence-electron chi connectivity index (χ4n) is 3.88. The van der Waals surface area contributed by atoms with Gasteiger partial charge in [-0.15, -0.1) is 11.3 Å². The van der Waals surface area contributed by atoms with Crippen LogP contribution in [0.5, 0.6) is 0 Å².